The van der Waals surface area contributed by atoms with Crippen LogP contribution in [0.5, 0.6) is 0 Å². The fraction of sp³-hybridized carbons (Fsp3) is 0.643. The molecule has 2 atom stereocenters. The van der Waals surface area contributed by atoms with Crippen molar-refractivity contribution in [1.82, 2.24) is 19.4 Å². The minimum Gasteiger partial charge on any atom is -0.480 e. The van der Waals surface area contributed by atoms with Gasteiger partial charge in [-0.05, 0) is 42.7 Å². The number of carboxylic acid groups (broad SMARTS) is 1. The van der Waals surface area contributed by atoms with E-state index >= 15 is 0 Å². The number of piperidine rings is 1. The smallest absolute Gasteiger partial charge is 0.321 e. The summed E-state index contributed by atoms with van der Waals surface area (Å²) in [5.74, 6) is 1.09. The number of nitrogens with zero attached hydrogens (tertiary/aromatic N) is 4. The lowest BCUT2D eigenvalue weighted by molar-refractivity contribution is -0.147. The van der Waals surface area contributed by atoms with Crippen LogP contribution in [0.1, 0.15) is 70.1 Å². The molecule has 0 bridgehead atoms. The molecule has 4 rings (SSSR count). The monoisotopic (exact) mass is 466 g/mol. The Morgan fingerprint density at radius 1 is 1.12 bits per heavy atom. The van der Waals surface area contributed by atoms with Crippen LogP contribution in [0, 0.1) is 11.3 Å². The Morgan fingerprint density at radius 3 is 2.44 bits per heavy atom. The quantitative estimate of drug-likeness (QED) is 0.621. The lowest BCUT2D eigenvalue weighted by Crippen LogP contribution is -2.48. The molecule has 2 aliphatic heterocycles. The van der Waals surface area contributed by atoms with Crippen LogP contribution in [0.3, 0.4) is 0 Å². The normalized spacial score (nSPS) is 21.7. The van der Waals surface area contributed by atoms with Gasteiger partial charge in [-0.2, -0.15) is 0 Å². The number of hydrogen-bond donors (Lipinski definition) is 1. The maximum Gasteiger partial charge on any atom is 0.321 e. The summed E-state index contributed by atoms with van der Waals surface area (Å²) in [5.41, 5.74) is 2.23. The van der Waals surface area contributed by atoms with Gasteiger partial charge in [-0.15, -0.1) is 0 Å². The predicted molar refractivity (Wildman–Crippen MR) is 136 cm³/mol. The largest absolute Gasteiger partial charge is 0.480 e. The van der Waals surface area contributed by atoms with E-state index in [2.05, 4.69) is 57.8 Å². The third kappa shape index (κ3) is 5.89. The molecule has 0 amide bonds. The van der Waals surface area contributed by atoms with Crippen molar-refractivity contribution in [3.05, 3.63) is 53.6 Å². The maximum atomic E-state index is 11.9. The van der Waals surface area contributed by atoms with Crippen molar-refractivity contribution < 1.29 is 9.90 Å². The van der Waals surface area contributed by atoms with Crippen LogP contribution < -0.4 is 0 Å². The second kappa shape index (κ2) is 10.6. The summed E-state index contributed by atoms with van der Waals surface area (Å²) in [6.45, 7) is 13.4. The zero-order chi connectivity index (χ0) is 24.3. The van der Waals surface area contributed by atoms with E-state index in [0.717, 1.165) is 64.8 Å². The van der Waals surface area contributed by atoms with Gasteiger partial charge in [0.15, 0.2) is 0 Å². The lowest BCUT2D eigenvalue weighted by Gasteiger charge is -2.36. The molecule has 34 heavy (non-hydrogen) atoms. The number of aliphatic carboxylic acids is 1. The van der Waals surface area contributed by atoms with E-state index < -0.39 is 12.0 Å². The standard InChI is InChI=1S/C28H42N4O2/c1-5-25-29-23(17-21-9-7-6-8-10-21)20-32(25)24-12-14-30(15-13-24)18-22-11-16-31(19-22)26(27(33)34)28(2,3)4/h6-10,20,22,24,26H,5,11-19H2,1-4H3,(H,33,34). The molecule has 6 nitrogen and oxygen atoms in total. The zero-order valence-electron chi connectivity index (χ0n) is 21.4. The molecule has 1 aromatic heterocycles. The molecule has 2 aliphatic rings. The summed E-state index contributed by atoms with van der Waals surface area (Å²) in [4.78, 5) is 21.7. The van der Waals surface area contributed by atoms with Crippen LogP contribution >= 0.6 is 0 Å². The first-order valence-corrected chi connectivity index (χ1v) is 13.0. The third-order valence-electron chi connectivity index (χ3n) is 7.61. The first-order valence-electron chi connectivity index (χ1n) is 13.0. The molecule has 0 spiro atoms. The van der Waals surface area contributed by atoms with Gasteiger partial charge in [0.2, 0.25) is 0 Å². The summed E-state index contributed by atoms with van der Waals surface area (Å²) >= 11 is 0. The van der Waals surface area contributed by atoms with E-state index in [1.54, 1.807) is 0 Å². The Kier molecular flexibility index (Phi) is 7.78. The predicted octanol–water partition coefficient (Wildman–Crippen LogP) is 4.49. The molecule has 2 unspecified atom stereocenters. The van der Waals surface area contributed by atoms with Gasteiger partial charge in [0.25, 0.3) is 0 Å². The van der Waals surface area contributed by atoms with E-state index in [0.29, 0.717) is 12.0 Å². The van der Waals surface area contributed by atoms with Crippen molar-refractivity contribution >= 4 is 5.97 Å². The average molecular weight is 467 g/mol. The topological polar surface area (TPSA) is 61.6 Å². The number of hydrogen-bond acceptors (Lipinski definition) is 4. The maximum absolute atomic E-state index is 11.9. The summed E-state index contributed by atoms with van der Waals surface area (Å²) in [6, 6.07) is 10.7. The van der Waals surface area contributed by atoms with Crippen molar-refractivity contribution in [3.63, 3.8) is 0 Å². The second-order valence-corrected chi connectivity index (χ2v) is 11.4. The number of carbonyl (C=O) groups is 1. The van der Waals surface area contributed by atoms with Gasteiger partial charge in [0.1, 0.15) is 11.9 Å². The van der Waals surface area contributed by atoms with E-state index in [1.165, 1.54) is 17.1 Å². The highest BCUT2D eigenvalue weighted by Crippen LogP contribution is 2.31. The van der Waals surface area contributed by atoms with Crippen LogP contribution in [0.25, 0.3) is 0 Å². The van der Waals surface area contributed by atoms with Gasteiger partial charge in [-0.25, -0.2) is 4.98 Å². The van der Waals surface area contributed by atoms with Crippen LogP contribution in [0.2, 0.25) is 0 Å². The van der Waals surface area contributed by atoms with Crippen molar-refractivity contribution in [2.45, 2.75) is 71.9 Å². The molecule has 1 aromatic carbocycles. The molecule has 6 heteroatoms. The Labute approximate surface area is 205 Å². The molecule has 3 heterocycles. The van der Waals surface area contributed by atoms with Crippen LogP contribution in [0.15, 0.2) is 36.5 Å². The fourth-order valence-corrected chi connectivity index (χ4v) is 6.02. The Morgan fingerprint density at radius 2 is 1.82 bits per heavy atom. The van der Waals surface area contributed by atoms with Crippen molar-refractivity contribution in [1.29, 1.82) is 0 Å². The number of imidazole rings is 1. The Hall–Kier alpha value is -2.18. The molecule has 1 N–H and O–H groups in total. The summed E-state index contributed by atoms with van der Waals surface area (Å²) in [5, 5.41) is 9.78. The van der Waals surface area contributed by atoms with Gasteiger partial charge < -0.3 is 14.6 Å². The number of rotatable bonds is 8. The molecule has 0 aliphatic carbocycles. The van der Waals surface area contributed by atoms with Crippen LogP contribution in [-0.2, 0) is 17.6 Å². The van der Waals surface area contributed by atoms with E-state index in [-0.39, 0.29) is 5.41 Å². The molecule has 186 valence electrons. The molecule has 2 fully saturated rings. The third-order valence-corrected chi connectivity index (χ3v) is 7.61. The molecule has 2 aromatic rings. The molecular weight excluding hydrogens is 424 g/mol. The van der Waals surface area contributed by atoms with E-state index in [1.807, 2.05) is 20.8 Å². The lowest BCUT2D eigenvalue weighted by atomic mass is 9.86. The molecule has 2 saturated heterocycles. The zero-order valence-corrected chi connectivity index (χ0v) is 21.4. The van der Waals surface area contributed by atoms with Gasteiger partial charge in [0.05, 0.1) is 5.69 Å². The number of aryl methyl sites for hydroxylation is 1. The highest BCUT2D eigenvalue weighted by Gasteiger charge is 2.40. The minimum absolute atomic E-state index is 0.250. The number of likely N-dealkylation sites (tertiary alicyclic amines) is 2. The summed E-state index contributed by atoms with van der Waals surface area (Å²) in [6.07, 6.45) is 7.56. The van der Waals surface area contributed by atoms with Crippen molar-refractivity contribution in [3.8, 4) is 0 Å². The van der Waals surface area contributed by atoms with E-state index in [4.69, 9.17) is 4.98 Å². The first-order chi connectivity index (χ1) is 16.2. The van der Waals surface area contributed by atoms with E-state index in [9.17, 15) is 9.90 Å². The van der Waals surface area contributed by atoms with Gasteiger partial charge in [-0.3, -0.25) is 9.69 Å². The van der Waals surface area contributed by atoms with Crippen LogP contribution in [0.4, 0.5) is 0 Å². The Balaban J connectivity index is 1.30. The number of carboxylic acids is 1. The molecular formula is C28H42N4O2. The van der Waals surface area contributed by atoms with Gasteiger partial charge in [-0.1, -0.05) is 58.0 Å². The fourth-order valence-electron chi connectivity index (χ4n) is 6.02. The highest BCUT2D eigenvalue weighted by atomic mass is 16.4. The SMILES string of the molecule is CCc1nc(Cc2ccccc2)cn1C1CCN(CC2CCN(C(C(=O)O)C(C)(C)C)C2)CC1. The second-order valence-electron chi connectivity index (χ2n) is 11.4. The number of aromatic nitrogens is 2. The minimum atomic E-state index is -0.687. The van der Waals surface area contributed by atoms with Crippen molar-refractivity contribution in [2.24, 2.45) is 11.3 Å². The summed E-state index contributed by atoms with van der Waals surface area (Å²) < 4.78 is 2.45. The van der Waals surface area contributed by atoms with Crippen molar-refractivity contribution in [2.75, 3.05) is 32.7 Å². The van der Waals surface area contributed by atoms with Crippen LogP contribution in [-0.4, -0.2) is 69.2 Å². The molecule has 0 radical (unpaired) electrons. The number of benzene rings is 1. The Bertz CT molecular complexity index is 941. The molecule has 0 saturated carbocycles. The van der Waals surface area contributed by atoms with Gasteiger partial charge >= 0.3 is 5.97 Å². The summed E-state index contributed by atoms with van der Waals surface area (Å²) in [7, 11) is 0. The highest BCUT2D eigenvalue weighted by molar-refractivity contribution is 5.74. The van der Waals surface area contributed by atoms with Gasteiger partial charge in [0, 0.05) is 51.3 Å². The first kappa shape index (κ1) is 24.9. The average Bonchev–Trinajstić information content (AvgIpc) is 3.40.